The smallest absolute Gasteiger partial charge is 0.247 e. The number of benzene rings is 1. The van der Waals surface area contributed by atoms with Crippen LogP contribution >= 0.6 is 11.8 Å². The molecule has 1 aromatic rings. The van der Waals surface area contributed by atoms with Gasteiger partial charge in [-0.1, -0.05) is 12.1 Å². The Balaban J connectivity index is 1.12. The van der Waals surface area contributed by atoms with Crippen LogP contribution in [0.5, 0.6) is 0 Å². The largest absolute Gasteiger partial charge is 0.330 e. The molecule has 2 saturated heterocycles. The van der Waals surface area contributed by atoms with Crippen LogP contribution in [-0.4, -0.2) is 58.8 Å². The fourth-order valence-corrected chi connectivity index (χ4v) is 9.14. The van der Waals surface area contributed by atoms with Crippen molar-refractivity contribution in [1.29, 1.82) is 0 Å². The normalized spacial score (nSPS) is 35.0. The zero-order valence-corrected chi connectivity index (χ0v) is 21.4. The van der Waals surface area contributed by atoms with Crippen molar-refractivity contribution in [1.82, 2.24) is 9.80 Å². The maximum absolute atomic E-state index is 13.9. The van der Waals surface area contributed by atoms with E-state index >= 15 is 0 Å². The highest BCUT2D eigenvalue weighted by atomic mass is 32.2. The lowest BCUT2D eigenvalue weighted by Crippen LogP contribution is -2.56. The molecule has 2 heterocycles. The highest BCUT2D eigenvalue weighted by Crippen LogP contribution is 2.60. The van der Waals surface area contributed by atoms with Crippen LogP contribution in [0.4, 0.5) is 5.69 Å². The Morgan fingerprint density at radius 3 is 2.35 bits per heavy atom. The van der Waals surface area contributed by atoms with E-state index in [1.54, 1.807) is 0 Å². The number of thioether (sulfide) groups is 1. The van der Waals surface area contributed by atoms with Gasteiger partial charge < -0.3 is 10.2 Å². The number of amides is 2. The lowest BCUT2D eigenvalue weighted by atomic mass is 9.49. The number of hydrogen-bond donors (Lipinski definition) is 1. The van der Waals surface area contributed by atoms with Gasteiger partial charge in [-0.2, -0.15) is 11.8 Å². The average molecular weight is 482 g/mol. The summed E-state index contributed by atoms with van der Waals surface area (Å²) in [5, 5.41) is 3.19. The lowest BCUT2D eigenvalue weighted by molar-refractivity contribution is -0.160. The molecule has 0 aromatic heterocycles. The molecule has 5 nitrogen and oxygen atoms in total. The zero-order chi connectivity index (χ0) is 23.3. The van der Waals surface area contributed by atoms with Gasteiger partial charge in [0, 0.05) is 43.4 Å². The molecule has 184 valence electrons. The van der Waals surface area contributed by atoms with Crippen molar-refractivity contribution < 1.29 is 9.59 Å². The number of carbonyl (C=O) groups excluding carboxylic acids is 2. The SMILES string of the molecule is Cc1cc(CN2CCSCC2)ccc1NC(=O)C1CCCN1C(=O)C12CC3CC(CC(C3)C1)C2. The first-order valence-electron chi connectivity index (χ1n) is 13.5. The molecule has 2 amide bonds. The molecule has 1 N–H and O–H groups in total. The molecule has 34 heavy (non-hydrogen) atoms. The van der Waals surface area contributed by atoms with Gasteiger partial charge >= 0.3 is 0 Å². The standard InChI is InChI=1S/C28H39N3O2S/c1-19-11-20(18-30-7-9-34-10-8-30)4-5-24(19)29-26(32)25-3-2-6-31(25)27(33)28-15-21-12-22(16-28)14-23(13-21)17-28/h4-5,11,21-23,25H,2-3,6-10,12-18H2,1H3,(H,29,32). The quantitative estimate of drug-likeness (QED) is 0.663. The fraction of sp³-hybridized carbons (Fsp3) is 0.714. The van der Waals surface area contributed by atoms with E-state index in [1.165, 1.54) is 36.3 Å². The third kappa shape index (κ3) is 4.30. The summed E-state index contributed by atoms with van der Waals surface area (Å²) in [4.78, 5) is 31.8. The Kier molecular flexibility index (Phi) is 6.17. The summed E-state index contributed by atoms with van der Waals surface area (Å²) in [6.07, 6.45) is 8.93. The van der Waals surface area contributed by atoms with E-state index in [9.17, 15) is 9.59 Å². The third-order valence-electron chi connectivity index (χ3n) is 9.37. The van der Waals surface area contributed by atoms with Crippen molar-refractivity contribution in [3.05, 3.63) is 29.3 Å². The second kappa shape index (κ2) is 9.16. The van der Waals surface area contributed by atoms with Crippen molar-refractivity contribution in [3.63, 3.8) is 0 Å². The molecule has 0 spiro atoms. The molecule has 4 bridgehead atoms. The number of nitrogens with one attached hydrogen (secondary N) is 1. The van der Waals surface area contributed by atoms with Crippen LogP contribution in [-0.2, 0) is 16.1 Å². The van der Waals surface area contributed by atoms with Crippen LogP contribution in [0.2, 0.25) is 0 Å². The fourth-order valence-electron chi connectivity index (χ4n) is 8.16. The van der Waals surface area contributed by atoms with E-state index < -0.39 is 0 Å². The second-order valence-corrected chi connectivity index (χ2v) is 13.1. The van der Waals surface area contributed by atoms with Gasteiger partial charge in [-0.3, -0.25) is 14.5 Å². The second-order valence-electron chi connectivity index (χ2n) is 11.9. The third-order valence-corrected chi connectivity index (χ3v) is 10.3. The molecule has 1 atom stereocenters. The summed E-state index contributed by atoms with van der Waals surface area (Å²) in [6, 6.07) is 6.11. The molecule has 4 aliphatic carbocycles. The maximum atomic E-state index is 13.9. The average Bonchev–Trinajstić information content (AvgIpc) is 3.30. The van der Waals surface area contributed by atoms with E-state index in [0.29, 0.717) is 5.91 Å². The first-order valence-corrected chi connectivity index (χ1v) is 14.7. The molecule has 2 aliphatic heterocycles. The summed E-state index contributed by atoms with van der Waals surface area (Å²) in [5.41, 5.74) is 3.13. The number of nitrogens with zero attached hydrogens (tertiary/aromatic N) is 2. The van der Waals surface area contributed by atoms with E-state index in [-0.39, 0.29) is 17.4 Å². The Labute approximate surface area is 208 Å². The van der Waals surface area contributed by atoms with E-state index in [0.717, 1.165) is 87.3 Å². The molecular formula is C28H39N3O2S. The predicted octanol–water partition coefficient (Wildman–Crippen LogP) is 4.69. The van der Waals surface area contributed by atoms with Gasteiger partial charge in [0.2, 0.25) is 11.8 Å². The van der Waals surface area contributed by atoms with Gasteiger partial charge in [-0.05, 0) is 93.2 Å². The number of likely N-dealkylation sites (tertiary alicyclic amines) is 1. The Morgan fingerprint density at radius 2 is 1.71 bits per heavy atom. The zero-order valence-electron chi connectivity index (χ0n) is 20.6. The van der Waals surface area contributed by atoms with Crippen LogP contribution in [0.3, 0.4) is 0 Å². The van der Waals surface area contributed by atoms with Crippen LogP contribution < -0.4 is 5.32 Å². The number of anilines is 1. The Bertz CT molecular complexity index is 922. The van der Waals surface area contributed by atoms with Crippen molar-refractivity contribution in [2.75, 3.05) is 36.5 Å². The highest BCUT2D eigenvalue weighted by Gasteiger charge is 2.56. The van der Waals surface area contributed by atoms with Crippen LogP contribution in [0, 0.1) is 30.1 Å². The van der Waals surface area contributed by atoms with Gasteiger partial charge in [0.1, 0.15) is 6.04 Å². The van der Waals surface area contributed by atoms with Gasteiger partial charge in [0.05, 0.1) is 5.41 Å². The van der Waals surface area contributed by atoms with Crippen molar-refractivity contribution in [2.24, 2.45) is 23.2 Å². The number of hydrogen-bond acceptors (Lipinski definition) is 4. The van der Waals surface area contributed by atoms with Gasteiger partial charge in [0.15, 0.2) is 0 Å². The molecule has 6 aliphatic rings. The summed E-state index contributed by atoms with van der Waals surface area (Å²) >= 11 is 2.03. The Hall–Kier alpha value is -1.53. The first-order chi connectivity index (χ1) is 16.5. The summed E-state index contributed by atoms with van der Waals surface area (Å²) < 4.78 is 0. The monoisotopic (exact) mass is 481 g/mol. The molecule has 6 fully saturated rings. The summed E-state index contributed by atoms with van der Waals surface area (Å²) in [5.74, 6) is 4.97. The minimum Gasteiger partial charge on any atom is -0.330 e. The predicted molar refractivity (Wildman–Crippen MR) is 138 cm³/mol. The first kappa shape index (κ1) is 22.9. The topological polar surface area (TPSA) is 52.7 Å². The van der Waals surface area contributed by atoms with E-state index in [1.807, 2.05) is 16.7 Å². The molecule has 1 unspecified atom stereocenters. The molecule has 1 aromatic carbocycles. The molecule has 0 radical (unpaired) electrons. The van der Waals surface area contributed by atoms with Gasteiger partial charge in [-0.25, -0.2) is 0 Å². The summed E-state index contributed by atoms with van der Waals surface area (Å²) in [7, 11) is 0. The van der Waals surface area contributed by atoms with E-state index in [2.05, 4.69) is 35.3 Å². The van der Waals surface area contributed by atoms with Crippen LogP contribution in [0.15, 0.2) is 18.2 Å². The molecule has 6 heteroatoms. The van der Waals surface area contributed by atoms with Crippen molar-refractivity contribution in [2.45, 2.75) is 70.9 Å². The number of carbonyl (C=O) groups is 2. The highest BCUT2D eigenvalue weighted by molar-refractivity contribution is 7.99. The molecular weight excluding hydrogens is 442 g/mol. The molecule has 7 rings (SSSR count). The molecule has 4 saturated carbocycles. The maximum Gasteiger partial charge on any atom is 0.247 e. The van der Waals surface area contributed by atoms with Gasteiger partial charge in [0.25, 0.3) is 0 Å². The van der Waals surface area contributed by atoms with Crippen molar-refractivity contribution >= 4 is 29.3 Å². The van der Waals surface area contributed by atoms with Crippen molar-refractivity contribution in [3.8, 4) is 0 Å². The summed E-state index contributed by atoms with van der Waals surface area (Å²) in [6.45, 7) is 6.10. The van der Waals surface area contributed by atoms with E-state index in [4.69, 9.17) is 0 Å². The lowest BCUT2D eigenvalue weighted by Gasteiger charge is -2.56. The minimum atomic E-state index is -0.314. The number of aryl methyl sites for hydroxylation is 1. The van der Waals surface area contributed by atoms with Crippen LogP contribution in [0.1, 0.15) is 62.5 Å². The van der Waals surface area contributed by atoms with Gasteiger partial charge in [-0.15, -0.1) is 0 Å². The Morgan fingerprint density at radius 1 is 1.03 bits per heavy atom. The minimum absolute atomic E-state index is 0.000478. The van der Waals surface area contributed by atoms with Crippen LogP contribution in [0.25, 0.3) is 0 Å². The number of rotatable bonds is 5.